The average Bonchev–Trinajstić information content (AvgIpc) is 2.04. The van der Waals surface area contributed by atoms with Crippen LogP contribution in [0.4, 0.5) is 5.69 Å². The zero-order chi connectivity index (χ0) is 7.40. The molecule has 1 aromatic rings. The summed E-state index contributed by atoms with van der Waals surface area (Å²) >= 11 is 4.41. The monoisotopic (exact) mass is 377 g/mol. The summed E-state index contributed by atoms with van der Waals surface area (Å²) < 4.78 is 3.09. The van der Waals surface area contributed by atoms with Crippen LogP contribution in [0.2, 0.25) is 0 Å². The van der Waals surface area contributed by atoms with Crippen molar-refractivity contribution in [2.75, 3.05) is 3.53 Å². The SMILES string of the molecule is INc1ccccc1SI. The van der Waals surface area contributed by atoms with Gasteiger partial charge in [0.2, 0.25) is 0 Å². The van der Waals surface area contributed by atoms with E-state index in [1.807, 2.05) is 12.1 Å². The van der Waals surface area contributed by atoms with Crippen molar-refractivity contribution in [2.45, 2.75) is 4.90 Å². The summed E-state index contributed by atoms with van der Waals surface area (Å²) in [6.45, 7) is 0. The zero-order valence-electron chi connectivity index (χ0n) is 4.97. The lowest BCUT2D eigenvalue weighted by Crippen LogP contribution is -1.79. The molecule has 0 aromatic heterocycles. The van der Waals surface area contributed by atoms with E-state index in [2.05, 4.69) is 59.7 Å². The fourth-order valence-corrected chi connectivity index (χ4v) is 2.75. The van der Waals surface area contributed by atoms with Gasteiger partial charge >= 0.3 is 0 Å². The van der Waals surface area contributed by atoms with Gasteiger partial charge in [0.05, 0.1) is 28.6 Å². The molecule has 0 amide bonds. The minimum absolute atomic E-state index is 1.18. The third-order valence-corrected chi connectivity index (χ3v) is 3.60. The molecule has 0 bridgehead atoms. The van der Waals surface area contributed by atoms with Crippen LogP contribution < -0.4 is 3.53 Å². The second-order valence-corrected chi connectivity index (χ2v) is 4.12. The van der Waals surface area contributed by atoms with Crippen LogP contribution in [0.15, 0.2) is 29.2 Å². The highest BCUT2D eigenvalue weighted by Gasteiger charge is 1.96. The third-order valence-electron chi connectivity index (χ3n) is 1.07. The van der Waals surface area contributed by atoms with Crippen molar-refractivity contribution >= 4 is 58.7 Å². The Morgan fingerprint density at radius 1 is 1.30 bits per heavy atom. The molecule has 0 unspecified atom stereocenters. The summed E-state index contributed by atoms with van der Waals surface area (Å²) in [5.74, 6) is 0. The summed E-state index contributed by atoms with van der Waals surface area (Å²) in [6.07, 6.45) is 0. The van der Waals surface area contributed by atoms with E-state index in [4.69, 9.17) is 0 Å². The fourth-order valence-electron chi connectivity index (χ4n) is 0.612. The summed E-state index contributed by atoms with van der Waals surface area (Å²) in [7, 11) is 1.72. The maximum absolute atomic E-state index is 3.09. The lowest BCUT2D eigenvalue weighted by Gasteiger charge is -2.01. The first-order valence-corrected chi connectivity index (χ1v) is 7.06. The van der Waals surface area contributed by atoms with Gasteiger partial charge in [-0.3, -0.25) is 0 Å². The largest absolute Gasteiger partial charge is 0.327 e. The maximum Gasteiger partial charge on any atom is 0.0573 e. The Morgan fingerprint density at radius 3 is 2.50 bits per heavy atom. The van der Waals surface area contributed by atoms with E-state index in [1.54, 1.807) is 8.93 Å². The van der Waals surface area contributed by atoms with Crippen LogP contribution >= 0.6 is 53.0 Å². The van der Waals surface area contributed by atoms with E-state index in [-0.39, 0.29) is 0 Å². The van der Waals surface area contributed by atoms with Gasteiger partial charge in [-0.1, -0.05) is 21.1 Å². The molecule has 1 rings (SSSR count). The van der Waals surface area contributed by atoms with Gasteiger partial charge in [0, 0.05) is 26.1 Å². The van der Waals surface area contributed by atoms with Gasteiger partial charge in [0.1, 0.15) is 0 Å². The molecule has 1 aromatic carbocycles. The van der Waals surface area contributed by atoms with Crippen LogP contribution in [-0.2, 0) is 0 Å². The van der Waals surface area contributed by atoms with E-state index >= 15 is 0 Å². The molecular formula is C6H5I2NS. The van der Waals surface area contributed by atoms with Gasteiger partial charge in [-0.25, -0.2) is 0 Å². The second kappa shape index (κ2) is 4.66. The molecule has 0 aliphatic carbocycles. The summed E-state index contributed by atoms with van der Waals surface area (Å²) in [4.78, 5) is 1.28. The summed E-state index contributed by atoms with van der Waals surface area (Å²) in [6, 6.07) is 8.22. The Labute approximate surface area is 90.4 Å². The van der Waals surface area contributed by atoms with Crippen LogP contribution in [0.5, 0.6) is 0 Å². The first kappa shape index (κ1) is 8.92. The lowest BCUT2D eigenvalue weighted by molar-refractivity contribution is 1.48. The number of para-hydroxylation sites is 1. The Hall–Kier alpha value is 0.830. The molecule has 0 aliphatic heterocycles. The van der Waals surface area contributed by atoms with Gasteiger partial charge in [-0.05, 0) is 12.1 Å². The topological polar surface area (TPSA) is 12.0 Å². The minimum atomic E-state index is 1.18. The molecular weight excluding hydrogens is 372 g/mol. The number of hydrogen-bond donors (Lipinski definition) is 1. The molecule has 0 saturated heterocycles. The van der Waals surface area contributed by atoms with Gasteiger partial charge in [0.25, 0.3) is 0 Å². The number of benzene rings is 1. The van der Waals surface area contributed by atoms with Crippen molar-refractivity contribution in [3.8, 4) is 0 Å². The molecule has 10 heavy (non-hydrogen) atoms. The number of rotatable bonds is 2. The van der Waals surface area contributed by atoms with Crippen LogP contribution in [0.25, 0.3) is 0 Å². The van der Waals surface area contributed by atoms with Gasteiger partial charge < -0.3 is 3.53 Å². The van der Waals surface area contributed by atoms with Crippen molar-refractivity contribution < 1.29 is 0 Å². The molecule has 0 aliphatic rings. The number of nitrogens with one attached hydrogen (secondary N) is 1. The quantitative estimate of drug-likeness (QED) is 0.620. The first-order valence-electron chi connectivity index (χ1n) is 2.62. The second-order valence-electron chi connectivity index (χ2n) is 1.67. The Bertz CT molecular complexity index is 194. The van der Waals surface area contributed by atoms with Crippen LogP contribution in [0, 0.1) is 0 Å². The molecule has 0 saturated carbocycles. The Balaban J connectivity index is 2.96. The zero-order valence-corrected chi connectivity index (χ0v) is 10.1. The number of hydrogen-bond acceptors (Lipinski definition) is 2. The lowest BCUT2D eigenvalue weighted by atomic mass is 10.3. The molecule has 0 atom stereocenters. The highest BCUT2D eigenvalue weighted by atomic mass is 127. The van der Waals surface area contributed by atoms with Crippen molar-refractivity contribution in [1.82, 2.24) is 0 Å². The standard InChI is InChI=1S/C6H5I2NS/c7-9-5-3-1-2-4-6(5)10-8/h1-4,9H. The molecule has 54 valence electrons. The van der Waals surface area contributed by atoms with Gasteiger partial charge in [-0.15, -0.1) is 0 Å². The summed E-state index contributed by atoms with van der Waals surface area (Å²) in [5, 5.41) is 0. The predicted octanol–water partition coefficient (Wildman–Crippen LogP) is 3.89. The molecule has 0 heterocycles. The highest BCUT2D eigenvalue weighted by Crippen LogP contribution is 2.32. The highest BCUT2D eigenvalue weighted by molar-refractivity contribution is 14.2. The van der Waals surface area contributed by atoms with Crippen molar-refractivity contribution in [3.05, 3.63) is 24.3 Å². The number of halogens is 2. The molecule has 1 nitrogen and oxygen atoms in total. The van der Waals surface area contributed by atoms with E-state index in [9.17, 15) is 0 Å². The van der Waals surface area contributed by atoms with Gasteiger partial charge in [-0.2, -0.15) is 0 Å². The van der Waals surface area contributed by atoms with Crippen LogP contribution in [-0.4, -0.2) is 0 Å². The Morgan fingerprint density at radius 2 is 2.00 bits per heavy atom. The molecule has 1 N–H and O–H groups in total. The molecule has 0 fully saturated rings. The van der Waals surface area contributed by atoms with E-state index in [0.29, 0.717) is 0 Å². The van der Waals surface area contributed by atoms with E-state index in [0.717, 1.165) is 0 Å². The van der Waals surface area contributed by atoms with Crippen LogP contribution in [0.3, 0.4) is 0 Å². The van der Waals surface area contributed by atoms with Crippen LogP contribution in [0.1, 0.15) is 0 Å². The molecule has 4 heteroatoms. The van der Waals surface area contributed by atoms with Crippen molar-refractivity contribution in [1.29, 1.82) is 0 Å². The van der Waals surface area contributed by atoms with E-state index in [1.165, 1.54) is 10.6 Å². The Kier molecular flexibility index (Phi) is 4.15. The normalized spacial score (nSPS) is 9.40. The molecule has 0 spiro atoms. The fraction of sp³-hybridized carbons (Fsp3) is 0. The van der Waals surface area contributed by atoms with Crippen molar-refractivity contribution in [3.63, 3.8) is 0 Å². The minimum Gasteiger partial charge on any atom is -0.327 e. The predicted molar refractivity (Wildman–Crippen MR) is 64.0 cm³/mol. The smallest absolute Gasteiger partial charge is 0.0573 e. The summed E-state index contributed by atoms with van der Waals surface area (Å²) in [5.41, 5.74) is 1.18. The third kappa shape index (κ3) is 2.16. The van der Waals surface area contributed by atoms with Gasteiger partial charge in [0.15, 0.2) is 0 Å². The van der Waals surface area contributed by atoms with E-state index < -0.39 is 0 Å². The maximum atomic E-state index is 3.09. The van der Waals surface area contributed by atoms with Crippen molar-refractivity contribution in [2.24, 2.45) is 0 Å². The number of anilines is 1. The first-order chi connectivity index (χ1) is 4.88. The molecule has 0 radical (unpaired) electrons. The average molecular weight is 377 g/mol.